The summed E-state index contributed by atoms with van der Waals surface area (Å²) in [5.74, 6) is -0.402. The second-order valence-electron chi connectivity index (χ2n) is 6.43. The largest absolute Gasteiger partial charge is 0.511 e. The molecule has 0 unspecified atom stereocenters. The number of ether oxygens (including phenoxy) is 1. The number of hydrogen-bond donors (Lipinski definition) is 1. The third kappa shape index (κ3) is 4.76. The van der Waals surface area contributed by atoms with Gasteiger partial charge in [-0.25, -0.2) is 4.79 Å². The first-order valence-corrected chi connectivity index (χ1v) is 9.15. The fourth-order valence-electron chi connectivity index (χ4n) is 3.38. The van der Waals surface area contributed by atoms with E-state index in [2.05, 4.69) is 5.16 Å². The molecule has 1 heterocycles. The van der Waals surface area contributed by atoms with Crippen molar-refractivity contribution < 1.29 is 19.5 Å². The van der Waals surface area contributed by atoms with Gasteiger partial charge < -0.3 is 14.7 Å². The molecular weight excluding hydrogens is 330 g/mol. The maximum absolute atomic E-state index is 12.6. The standard InChI is InChI=1S/C18H26ClNO4/c1-2-8-14(20-23-12-7-11-19)16-15(21)13-18(24-17(16)22)9-5-3-4-6-10-18/h7,11,21H,2-6,8-10,12-13H2,1H3. The van der Waals surface area contributed by atoms with Crippen molar-refractivity contribution in [2.45, 2.75) is 70.3 Å². The molecule has 6 heteroatoms. The Morgan fingerprint density at radius 1 is 1.38 bits per heavy atom. The van der Waals surface area contributed by atoms with Crippen molar-refractivity contribution in [3.05, 3.63) is 22.9 Å². The topological polar surface area (TPSA) is 68.1 Å². The molecule has 0 aromatic carbocycles. The molecule has 1 saturated carbocycles. The highest BCUT2D eigenvalue weighted by molar-refractivity contribution is 6.25. The lowest BCUT2D eigenvalue weighted by molar-refractivity contribution is -0.159. The van der Waals surface area contributed by atoms with Gasteiger partial charge in [-0.05, 0) is 38.2 Å². The van der Waals surface area contributed by atoms with Gasteiger partial charge in [-0.15, -0.1) is 0 Å². The smallest absolute Gasteiger partial charge is 0.344 e. The van der Waals surface area contributed by atoms with Crippen molar-refractivity contribution in [2.24, 2.45) is 5.16 Å². The molecule has 5 nitrogen and oxygen atoms in total. The van der Waals surface area contributed by atoms with Crippen LogP contribution in [0.3, 0.4) is 0 Å². The summed E-state index contributed by atoms with van der Waals surface area (Å²) in [5.41, 5.74) is 1.41. The van der Waals surface area contributed by atoms with Crippen molar-refractivity contribution in [3.8, 4) is 0 Å². The number of nitrogens with zero attached hydrogens (tertiary/aromatic N) is 1. The first-order valence-electron chi connectivity index (χ1n) is 8.72. The summed E-state index contributed by atoms with van der Waals surface area (Å²) in [7, 11) is 0. The van der Waals surface area contributed by atoms with Gasteiger partial charge in [0.1, 0.15) is 23.5 Å². The molecule has 1 aliphatic carbocycles. The molecule has 0 aromatic heterocycles. The molecule has 0 bridgehead atoms. The number of esters is 1. The number of halogens is 1. The van der Waals surface area contributed by atoms with E-state index in [-0.39, 0.29) is 17.9 Å². The molecule has 1 aliphatic heterocycles. The summed E-state index contributed by atoms with van der Waals surface area (Å²) >= 11 is 5.44. The first kappa shape index (κ1) is 18.8. The molecule has 0 radical (unpaired) electrons. The van der Waals surface area contributed by atoms with E-state index >= 15 is 0 Å². The van der Waals surface area contributed by atoms with E-state index in [4.69, 9.17) is 21.2 Å². The minimum Gasteiger partial charge on any atom is -0.511 e. The Balaban J connectivity index is 2.21. The van der Waals surface area contributed by atoms with Crippen molar-refractivity contribution in [1.29, 1.82) is 0 Å². The predicted octanol–water partition coefficient (Wildman–Crippen LogP) is 4.76. The normalized spacial score (nSPS) is 21.9. The Hall–Kier alpha value is -1.49. The molecule has 1 fully saturated rings. The van der Waals surface area contributed by atoms with Crippen molar-refractivity contribution in [3.63, 3.8) is 0 Å². The molecule has 1 N–H and O–H groups in total. The van der Waals surface area contributed by atoms with E-state index in [0.29, 0.717) is 18.6 Å². The van der Waals surface area contributed by atoms with E-state index in [9.17, 15) is 9.90 Å². The number of hydrogen-bond acceptors (Lipinski definition) is 5. The fourth-order valence-corrected chi connectivity index (χ4v) is 3.45. The van der Waals surface area contributed by atoms with Gasteiger partial charge in [0.25, 0.3) is 0 Å². The van der Waals surface area contributed by atoms with E-state index in [0.717, 1.165) is 44.9 Å². The SMILES string of the molecule is CCCC(=NOCC=CCl)C1=C(O)CC2(CCCCCC2)OC1=O. The number of carbonyl (C=O) groups excluding carboxylic acids is 1. The Labute approximate surface area is 148 Å². The molecule has 134 valence electrons. The Morgan fingerprint density at radius 3 is 2.67 bits per heavy atom. The number of carbonyl (C=O) groups is 1. The minimum atomic E-state index is -0.541. The van der Waals surface area contributed by atoms with Crippen LogP contribution in [0.4, 0.5) is 0 Å². The van der Waals surface area contributed by atoms with Crippen LogP contribution in [0.5, 0.6) is 0 Å². The van der Waals surface area contributed by atoms with Crippen LogP contribution >= 0.6 is 11.6 Å². The van der Waals surface area contributed by atoms with Gasteiger partial charge in [0.05, 0.1) is 5.71 Å². The van der Waals surface area contributed by atoms with Crippen LogP contribution in [-0.4, -0.2) is 29.0 Å². The van der Waals surface area contributed by atoms with Crippen molar-refractivity contribution in [2.75, 3.05) is 6.61 Å². The first-order chi connectivity index (χ1) is 11.6. The Kier molecular flexibility index (Phi) is 7.16. The van der Waals surface area contributed by atoms with Crippen molar-refractivity contribution in [1.82, 2.24) is 0 Å². The zero-order chi connectivity index (χ0) is 17.4. The van der Waals surface area contributed by atoms with Crippen LogP contribution in [-0.2, 0) is 14.4 Å². The van der Waals surface area contributed by atoms with E-state index in [1.54, 1.807) is 6.08 Å². The quantitative estimate of drug-likeness (QED) is 0.322. The summed E-state index contributed by atoms with van der Waals surface area (Å²) in [6, 6.07) is 0. The Morgan fingerprint density at radius 2 is 2.08 bits per heavy atom. The highest BCUT2D eigenvalue weighted by atomic mass is 35.5. The second kappa shape index (κ2) is 9.11. The molecular formula is C18H26ClNO4. The third-order valence-electron chi connectivity index (χ3n) is 4.52. The zero-order valence-corrected chi connectivity index (χ0v) is 15.0. The lowest BCUT2D eigenvalue weighted by atomic mass is 9.85. The van der Waals surface area contributed by atoms with Gasteiger partial charge in [-0.1, -0.05) is 42.9 Å². The molecule has 2 rings (SSSR count). The summed E-state index contributed by atoms with van der Waals surface area (Å²) < 4.78 is 5.80. The monoisotopic (exact) mass is 355 g/mol. The number of aliphatic hydroxyl groups is 1. The molecule has 1 spiro atoms. The van der Waals surface area contributed by atoms with Crippen LogP contribution in [0, 0.1) is 0 Å². The van der Waals surface area contributed by atoms with Crippen LogP contribution in [0.15, 0.2) is 28.1 Å². The van der Waals surface area contributed by atoms with Gasteiger partial charge in [0.15, 0.2) is 0 Å². The highest BCUT2D eigenvalue weighted by Gasteiger charge is 2.43. The molecule has 2 aliphatic rings. The maximum Gasteiger partial charge on any atom is 0.344 e. The number of aliphatic hydroxyl groups excluding tert-OH is 1. The summed E-state index contributed by atoms with van der Waals surface area (Å²) in [4.78, 5) is 17.7. The summed E-state index contributed by atoms with van der Waals surface area (Å²) in [6.07, 6.45) is 9.28. The third-order valence-corrected chi connectivity index (χ3v) is 4.69. The van der Waals surface area contributed by atoms with E-state index < -0.39 is 11.6 Å². The summed E-state index contributed by atoms with van der Waals surface area (Å²) in [5, 5.41) is 14.6. The predicted molar refractivity (Wildman–Crippen MR) is 94.1 cm³/mol. The fraction of sp³-hybridized carbons (Fsp3) is 0.667. The van der Waals surface area contributed by atoms with Crippen LogP contribution in [0.25, 0.3) is 0 Å². The van der Waals surface area contributed by atoms with E-state index in [1.807, 2.05) is 6.92 Å². The molecule has 0 atom stereocenters. The van der Waals surface area contributed by atoms with Gasteiger partial charge in [-0.2, -0.15) is 0 Å². The lowest BCUT2D eigenvalue weighted by Gasteiger charge is -2.36. The van der Waals surface area contributed by atoms with Crippen LogP contribution in [0.2, 0.25) is 0 Å². The van der Waals surface area contributed by atoms with Gasteiger partial charge in [0, 0.05) is 12.0 Å². The number of rotatable bonds is 6. The Bertz CT molecular complexity index is 531. The van der Waals surface area contributed by atoms with E-state index in [1.165, 1.54) is 5.54 Å². The molecule has 24 heavy (non-hydrogen) atoms. The molecule has 0 amide bonds. The average molecular weight is 356 g/mol. The summed E-state index contributed by atoms with van der Waals surface area (Å²) in [6.45, 7) is 2.19. The number of oxime groups is 1. The highest BCUT2D eigenvalue weighted by Crippen LogP contribution is 2.40. The molecule has 0 saturated heterocycles. The average Bonchev–Trinajstić information content (AvgIpc) is 2.76. The maximum atomic E-state index is 12.6. The zero-order valence-electron chi connectivity index (χ0n) is 14.2. The van der Waals surface area contributed by atoms with Crippen molar-refractivity contribution >= 4 is 23.3 Å². The molecule has 0 aromatic rings. The van der Waals surface area contributed by atoms with Crippen LogP contribution < -0.4 is 0 Å². The lowest BCUT2D eigenvalue weighted by Crippen LogP contribution is -2.41. The second-order valence-corrected chi connectivity index (χ2v) is 6.68. The minimum absolute atomic E-state index is 0.0804. The van der Waals surface area contributed by atoms with Gasteiger partial charge in [-0.3, -0.25) is 0 Å². The van der Waals surface area contributed by atoms with Gasteiger partial charge in [0.2, 0.25) is 0 Å². The van der Waals surface area contributed by atoms with Gasteiger partial charge >= 0.3 is 5.97 Å². The van der Waals surface area contributed by atoms with Crippen LogP contribution in [0.1, 0.15) is 64.7 Å².